The number of nitrogens with one attached hydrogen (secondary N) is 1. The monoisotopic (exact) mass is 406 g/mol. The summed E-state index contributed by atoms with van der Waals surface area (Å²) < 4.78 is 16.0. The summed E-state index contributed by atoms with van der Waals surface area (Å²) in [4.78, 5) is 16.9. The fourth-order valence-corrected chi connectivity index (χ4v) is 4.17. The Bertz CT molecular complexity index is 955. The molecule has 2 heterocycles. The highest BCUT2D eigenvalue weighted by atomic mass is 32.1. The maximum Gasteiger partial charge on any atom is 0.345 e. The van der Waals surface area contributed by atoms with Gasteiger partial charge in [0.15, 0.2) is 16.6 Å². The maximum atomic E-state index is 11.2. The number of carboxylic acids is 1. The van der Waals surface area contributed by atoms with Crippen molar-refractivity contribution < 1.29 is 24.1 Å². The van der Waals surface area contributed by atoms with Crippen LogP contribution in [0.15, 0.2) is 23.6 Å². The first-order valence-corrected chi connectivity index (χ1v) is 9.53. The summed E-state index contributed by atoms with van der Waals surface area (Å²) in [5.74, 6) is 0.660. The van der Waals surface area contributed by atoms with Crippen molar-refractivity contribution in [2.24, 2.45) is 0 Å². The van der Waals surface area contributed by atoms with Gasteiger partial charge >= 0.3 is 5.97 Å². The number of nitrogens with zero attached hydrogens (tertiary/aromatic N) is 1. The van der Waals surface area contributed by atoms with Crippen LogP contribution >= 0.6 is 22.7 Å². The molecule has 0 bridgehead atoms. The highest BCUT2D eigenvalue weighted by Crippen LogP contribution is 2.41. The lowest BCUT2D eigenvalue weighted by molar-refractivity contribution is 0.0702. The molecule has 142 valence electrons. The van der Waals surface area contributed by atoms with E-state index in [0.29, 0.717) is 27.3 Å². The first-order chi connectivity index (χ1) is 13.0. The van der Waals surface area contributed by atoms with Crippen LogP contribution in [0.3, 0.4) is 0 Å². The van der Waals surface area contributed by atoms with Gasteiger partial charge in [-0.25, -0.2) is 9.78 Å². The van der Waals surface area contributed by atoms with Crippen molar-refractivity contribution in [2.75, 3.05) is 26.6 Å². The van der Waals surface area contributed by atoms with Crippen molar-refractivity contribution in [2.45, 2.75) is 6.92 Å². The molecule has 7 nitrogen and oxygen atoms in total. The number of carboxylic acid groups (broad SMARTS) is 1. The van der Waals surface area contributed by atoms with Gasteiger partial charge in [0.2, 0.25) is 5.75 Å². The maximum absolute atomic E-state index is 11.2. The Balaban J connectivity index is 1.89. The topological polar surface area (TPSA) is 89.9 Å². The molecule has 9 heteroatoms. The Morgan fingerprint density at radius 1 is 1.11 bits per heavy atom. The van der Waals surface area contributed by atoms with E-state index in [-0.39, 0.29) is 0 Å². The van der Waals surface area contributed by atoms with Crippen LogP contribution in [0, 0.1) is 6.92 Å². The van der Waals surface area contributed by atoms with E-state index in [1.165, 1.54) is 22.7 Å². The second kappa shape index (κ2) is 7.85. The average Bonchev–Trinajstić information content (AvgIpc) is 3.27. The molecule has 0 aliphatic heterocycles. The lowest BCUT2D eigenvalue weighted by Gasteiger charge is -2.14. The van der Waals surface area contributed by atoms with Crippen LogP contribution in [0.25, 0.3) is 11.3 Å². The summed E-state index contributed by atoms with van der Waals surface area (Å²) in [7, 11) is 4.67. The summed E-state index contributed by atoms with van der Waals surface area (Å²) in [5.41, 5.74) is 2.29. The van der Waals surface area contributed by atoms with E-state index in [4.69, 9.17) is 19.3 Å². The number of ether oxygens (including phenoxy) is 3. The number of aromatic nitrogens is 1. The standard InChI is InChI=1S/C18H18N2O5S2/c1-9-11(7-15(27-9)17(21)22)12-8-26-18(20-12)19-10-5-13(23-2)16(25-4)14(6-10)24-3/h5-8H,1-4H3,(H,19,20)(H,21,22). The van der Waals surface area contributed by atoms with Crippen molar-refractivity contribution in [3.05, 3.63) is 33.3 Å². The van der Waals surface area contributed by atoms with E-state index in [1.54, 1.807) is 39.5 Å². The molecule has 0 spiro atoms. The molecular formula is C18H18N2O5S2. The summed E-state index contributed by atoms with van der Waals surface area (Å²) in [5, 5.41) is 14.9. The van der Waals surface area contributed by atoms with Crippen LogP contribution in [0.5, 0.6) is 17.2 Å². The van der Waals surface area contributed by atoms with E-state index in [9.17, 15) is 4.79 Å². The van der Waals surface area contributed by atoms with Gasteiger partial charge in [-0.05, 0) is 13.0 Å². The molecular weight excluding hydrogens is 388 g/mol. The van der Waals surface area contributed by atoms with Gasteiger partial charge in [0.25, 0.3) is 0 Å². The highest BCUT2D eigenvalue weighted by molar-refractivity contribution is 7.15. The number of thiophene rings is 1. The molecule has 3 rings (SSSR count). The number of aryl methyl sites for hydroxylation is 1. The Hall–Kier alpha value is -2.78. The first-order valence-electron chi connectivity index (χ1n) is 7.83. The molecule has 0 radical (unpaired) electrons. The van der Waals surface area contributed by atoms with Crippen molar-refractivity contribution in [1.29, 1.82) is 0 Å². The number of anilines is 2. The van der Waals surface area contributed by atoms with Crippen molar-refractivity contribution in [3.8, 4) is 28.5 Å². The predicted molar refractivity (Wildman–Crippen MR) is 107 cm³/mol. The molecule has 0 atom stereocenters. The molecule has 0 fully saturated rings. The van der Waals surface area contributed by atoms with Crippen LogP contribution < -0.4 is 19.5 Å². The summed E-state index contributed by atoms with van der Waals surface area (Å²) >= 11 is 2.67. The van der Waals surface area contributed by atoms with Crippen LogP contribution in [0.4, 0.5) is 10.8 Å². The second-order valence-electron chi connectivity index (χ2n) is 5.46. The van der Waals surface area contributed by atoms with Crippen LogP contribution in [0.2, 0.25) is 0 Å². The minimum atomic E-state index is -0.930. The first kappa shape index (κ1) is 19.0. The number of benzene rings is 1. The minimum Gasteiger partial charge on any atom is -0.493 e. The largest absolute Gasteiger partial charge is 0.493 e. The summed E-state index contributed by atoms with van der Waals surface area (Å²) in [6.07, 6.45) is 0. The van der Waals surface area contributed by atoms with Gasteiger partial charge in [0.05, 0.1) is 27.0 Å². The van der Waals surface area contributed by atoms with E-state index < -0.39 is 5.97 Å². The van der Waals surface area contributed by atoms with Gasteiger partial charge < -0.3 is 24.6 Å². The van der Waals surface area contributed by atoms with Gasteiger partial charge in [-0.3, -0.25) is 0 Å². The molecule has 0 aliphatic carbocycles. The van der Waals surface area contributed by atoms with E-state index in [0.717, 1.165) is 21.8 Å². The molecule has 0 amide bonds. The number of carbonyl (C=O) groups is 1. The smallest absolute Gasteiger partial charge is 0.345 e. The summed E-state index contributed by atoms with van der Waals surface area (Å²) in [6.45, 7) is 1.89. The fourth-order valence-electron chi connectivity index (χ4n) is 2.57. The number of thiazole rings is 1. The number of rotatable bonds is 7. The minimum absolute atomic E-state index is 0.301. The van der Waals surface area contributed by atoms with Crippen LogP contribution in [0.1, 0.15) is 14.5 Å². The molecule has 0 unspecified atom stereocenters. The molecule has 2 N–H and O–H groups in total. The van der Waals surface area contributed by atoms with Gasteiger partial charge in [0.1, 0.15) is 4.88 Å². The third-order valence-electron chi connectivity index (χ3n) is 3.82. The molecule has 0 saturated heterocycles. The van der Waals surface area contributed by atoms with Crippen molar-refractivity contribution in [3.63, 3.8) is 0 Å². The van der Waals surface area contributed by atoms with Crippen LogP contribution in [-0.2, 0) is 0 Å². The van der Waals surface area contributed by atoms with Gasteiger partial charge in [-0.15, -0.1) is 22.7 Å². The lowest BCUT2D eigenvalue weighted by atomic mass is 10.2. The van der Waals surface area contributed by atoms with Crippen LogP contribution in [-0.4, -0.2) is 37.4 Å². The summed E-state index contributed by atoms with van der Waals surface area (Å²) in [6, 6.07) is 5.24. The number of hydrogen-bond donors (Lipinski definition) is 2. The molecule has 0 saturated carbocycles. The highest BCUT2D eigenvalue weighted by Gasteiger charge is 2.16. The number of aromatic carboxylic acids is 1. The van der Waals surface area contributed by atoms with E-state index in [2.05, 4.69) is 10.3 Å². The fraction of sp³-hybridized carbons (Fsp3) is 0.222. The molecule has 2 aromatic heterocycles. The molecule has 3 aromatic rings. The van der Waals surface area contributed by atoms with E-state index >= 15 is 0 Å². The Morgan fingerprint density at radius 3 is 2.30 bits per heavy atom. The van der Waals surface area contributed by atoms with E-state index in [1.807, 2.05) is 12.3 Å². The van der Waals surface area contributed by atoms with Gasteiger partial charge in [0, 0.05) is 33.6 Å². The molecule has 27 heavy (non-hydrogen) atoms. The Labute approximate surface area is 164 Å². The third kappa shape index (κ3) is 3.83. The zero-order chi connectivity index (χ0) is 19.6. The predicted octanol–water partition coefficient (Wildman–Crippen LogP) is 4.65. The zero-order valence-electron chi connectivity index (χ0n) is 15.2. The Kier molecular flexibility index (Phi) is 5.52. The quantitative estimate of drug-likeness (QED) is 0.590. The van der Waals surface area contributed by atoms with Gasteiger partial charge in [-0.2, -0.15) is 0 Å². The zero-order valence-corrected chi connectivity index (χ0v) is 16.8. The molecule has 0 aliphatic rings. The lowest BCUT2D eigenvalue weighted by Crippen LogP contribution is -1.97. The SMILES string of the molecule is COc1cc(Nc2nc(-c3cc(C(=O)O)sc3C)cs2)cc(OC)c1OC. The number of hydrogen-bond acceptors (Lipinski definition) is 8. The third-order valence-corrected chi connectivity index (χ3v) is 5.62. The second-order valence-corrected chi connectivity index (χ2v) is 7.58. The van der Waals surface area contributed by atoms with Crippen molar-refractivity contribution in [1.82, 2.24) is 4.98 Å². The Morgan fingerprint density at radius 2 is 1.78 bits per heavy atom. The average molecular weight is 406 g/mol. The van der Waals surface area contributed by atoms with Crippen molar-refractivity contribution >= 4 is 39.5 Å². The molecule has 1 aromatic carbocycles. The number of methoxy groups -OCH3 is 3. The van der Waals surface area contributed by atoms with Gasteiger partial charge in [-0.1, -0.05) is 0 Å². The normalized spacial score (nSPS) is 10.5.